The third-order valence-corrected chi connectivity index (χ3v) is 7.12. The highest BCUT2D eigenvalue weighted by Gasteiger charge is 2.35. The number of halogens is 3. The predicted molar refractivity (Wildman–Crippen MR) is 102 cm³/mol. The number of hydrogen-bond donors (Lipinski definition) is 3. The van der Waals surface area contributed by atoms with Gasteiger partial charge in [-0.2, -0.15) is 13.2 Å². The van der Waals surface area contributed by atoms with Crippen LogP contribution in [0.2, 0.25) is 0 Å². The van der Waals surface area contributed by atoms with Gasteiger partial charge >= 0.3 is 6.18 Å². The van der Waals surface area contributed by atoms with Gasteiger partial charge < -0.3 is 11.1 Å². The van der Waals surface area contributed by atoms with Crippen LogP contribution in [0.1, 0.15) is 52.0 Å². The van der Waals surface area contributed by atoms with Gasteiger partial charge in [0, 0.05) is 12.0 Å². The summed E-state index contributed by atoms with van der Waals surface area (Å²) in [5.41, 5.74) is 4.77. The van der Waals surface area contributed by atoms with E-state index in [0.29, 0.717) is 25.7 Å². The number of nitrogen functional groups attached to an aromatic ring is 1. The molecule has 0 bridgehead atoms. The fourth-order valence-corrected chi connectivity index (χ4v) is 3.97. The first kappa shape index (κ1) is 22.5. The first-order valence-electron chi connectivity index (χ1n) is 9.00. The van der Waals surface area contributed by atoms with E-state index in [1.54, 1.807) is 20.8 Å². The van der Waals surface area contributed by atoms with Gasteiger partial charge in [-0.15, -0.1) is 0 Å². The van der Waals surface area contributed by atoms with E-state index in [1.165, 1.54) is 0 Å². The molecular weight excluding hydrogens is 395 g/mol. The topological polar surface area (TPSA) is 101 Å². The van der Waals surface area contributed by atoms with E-state index in [4.69, 9.17) is 5.73 Å². The zero-order valence-electron chi connectivity index (χ0n) is 16.1. The van der Waals surface area contributed by atoms with Crippen molar-refractivity contribution in [3.8, 4) is 0 Å². The van der Waals surface area contributed by atoms with E-state index >= 15 is 0 Å². The van der Waals surface area contributed by atoms with Crippen molar-refractivity contribution in [3.05, 3.63) is 23.8 Å². The molecule has 1 aromatic rings. The van der Waals surface area contributed by atoms with Crippen molar-refractivity contribution in [3.63, 3.8) is 0 Å². The van der Waals surface area contributed by atoms with Gasteiger partial charge in [-0.3, -0.25) is 4.79 Å². The molecule has 1 fully saturated rings. The second-order valence-electron chi connectivity index (χ2n) is 8.07. The molecule has 0 radical (unpaired) electrons. The summed E-state index contributed by atoms with van der Waals surface area (Å²) >= 11 is 0. The molecule has 2 rings (SSSR count). The Bertz CT molecular complexity index is 825. The highest BCUT2D eigenvalue weighted by Crippen LogP contribution is 2.34. The molecule has 1 aromatic carbocycles. The first-order valence-corrected chi connectivity index (χ1v) is 10.5. The molecule has 1 aliphatic carbocycles. The van der Waals surface area contributed by atoms with Gasteiger partial charge in [-0.05, 0) is 64.7 Å². The monoisotopic (exact) mass is 421 g/mol. The molecule has 158 valence electrons. The van der Waals surface area contributed by atoms with Crippen molar-refractivity contribution < 1.29 is 26.4 Å². The van der Waals surface area contributed by atoms with Crippen LogP contribution in [0.25, 0.3) is 0 Å². The van der Waals surface area contributed by atoms with Gasteiger partial charge in [0.2, 0.25) is 15.9 Å². The molecule has 4 N–H and O–H groups in total. The summed E-state index contributed by atoms with van der Waals surface area (Å²) in [4.78, 5) is 12.4. The zero-order chi connectivity index (χ0) is 21.3. The number of amides is 1. The SMILES string of the molecule is CC(C)(C)S(=O)(=O)N[C@H]1CC[C@H](C(=O)Nc2cc(C(F)(F)F)ccc2N)CC1. The van der Waals surface area contributed by atoms with Gasteiger partial charge in [-0.1, -0.05) is 0 Å². The molecule has 0 heterocycles. The highest BCUT2D eigenvalue weighted by molar-refractivity contribution is 7.90. The van der Waals surface area contributed by atoms with Crippen LogP contribution in [0.4, 0.5) is 24.5 Å². The average molecular weight is 421 g/mol. The van der Waals surface area contributed by atoms with Crippen LogP contribution in [-0.4, -0.2) is 25.1 Å². The van der Waals surface area contributed by atoms with Crippen LogP contribution in [0, 0.1) is 5.92 Å². The third-order valence-electron chi connectivity index (χ3n) is 4.86. The van der Waals surface area contributed by atoms with Crippen molar-refractivity contribution in [1.29, 1.82) is 0 Å². The van der Waals surface area contributed by atoms with Crippen LogP contribution in [0.3, 0.4) is 0 Å². The minimum absolute atomic E-state index is 0.0490. The number of nitrogens with two attached hydrogens (primary N) is 1. The molecule has 0 atom stereocenters. The third kappa shape index (κ3) is 5.38. The second kappa shape index (κ2) is 7.90. The van der Waals surface area contributed by atoms with Crippen LogP contribution >= 0.6 is 0 Å². The lowest BCUT2D eigenvalue weighted by atomic mass is 9.86. The van der Waals surface area contributed by atoms with E-state index in [2.05, 4.69) is 10.0 Å². The van der Waals surface area contributed by atoms with Crippen molar-refractivity contribution in [1.82, 2.24) is 4.72 Å². The smallest absolute Gasteiger partial charge is 0.397 e. The number of hydrogen-bond acceptors (Lipinski definition) is 4. The standard InChI is InChI=1S/C18H26F3N3O3S/c1-17(2,3)28(26,27)24-13-7-4-11(5-8-13)16(25)23-15-10-12(18(19,20)21)6-9-14(15)22/h6,9-11,13,24H,4-5,7-8,22H2,1-3H3,(H,23,25)/t11-,13-. The Morgan fingerprint density at radius 2 is 1.68 bits per heavy atom. The molecule has 0 saturated heterocycles. The van der Waals surface area contributed by atoms with Gasteiger partial charge in [0.1, 0.15) is 0 Å². The summed E-state index contributed by atoms with van der Waals surface area (Å²) < 4.78 is 64.7. The number of nitrogens with one attached hydrogen (secondary N) is 2. The molecule has 0 spiro atoms. The second-order valence-corrected chi connectivity index (χ2v) is 10.5. The Morgan fingerprint density at radius 3 is 2.18 bits per heavy atom. The normalized spacial score (nSPS) is 21.4. The highest BCUT2D eigenvalue weighted by atomic mass is 32.2. The summed E-state index contributed by atoms with van der Waals surface area (Å²) in [5.74, 6) is -0.826. The Kier molecular flexibility index (Phi) is 6.34. The maximum atomic E-state index is 12.8. The minimum atomic E-state index is -4.53. The quantitative estimate of drug-likeness (QED) is 0.648. The maximum Gasteiger partial charge on any atom is 0.416 e. The number of sulfonamides is 1. The lowest BCUT2D eigenvalue weighted by Gasteiger charge is -2.31. The number of anilines is 2. The van der Waals surface area contributed by atoms with E-state index < -0.39 is 38.3 Å². The molecule has 6 nitrogen and oxygen atoms in total. The fraction of sp³-hybridized carbons (Fsp3) is 0.611. The first-order chi connectivity index (χ1) is 12.7. The average Bonchev–Trinajstić information content (AvgIpc) is 2.55. The van der Waals surface area contributed by atoms with Gasteiger partial charge in [-0.25, -0.2) is 13.1 Å². The molecule has 1 amide bonds. The number of alkyl halides is 3. The van der Waals surface area contributed by atoms with Crippen molar-refractivity contribution >= 4 is 27.3 Å². The number of benzene rings is 1. The zero-order valence-corrected chi connectivity index (χ0v) is 16.9. The summed E-state index contributed by atoms with van der Waals surface area (Å²) in [6, 6.07) is 2.52. The summed E-state index contributed by atoms with van der Waals surface area (Å²) in [6.45, 7) is 4.82. The van der Waals surface area contributed by atoms with Crippen LogP contribution in [0.5, 0.6) is 0 Å². The van der Waals surface area contributed by atoms with Crippen LogP contribution in [0.15, 0.2) is 18.2 Å². The molecule has 0 unspecified atom stereocenters. The largest absolute Gasteiger partial charge is 0.416 e. The summed E-state index contributed by atoms with van der Waals surface area (Å²) in [5, 5.41) is 2.48. The van der Waals surface area contributed by atoms with Crippen molar-refractivity contribution in [2.45, 2.75) is 63.4 Å². The predicted octanol–water partition coefficient (Wildman–Crippen LogP) is 3.50. The lowest BCUT2D eigenvalue weighted by Crippen LogP contribution is -2.46. The molecule has 1 saturated carbocycles. The number of carbonyl (C=O) groups excluding carboxylic acids is 1. The molecule has 0 aromatic heterocycles. The Balaban J connectivity index is 1.98. The van der Waals surface area contributed by atoms with Crippen LogP contribution < -0.4 is 15.8 Å². The van der Waals surface area contributed by atoms with Crippen molar-refractivity contribution in [2.24, 2.45) is 5.92 Å². The Labute approximate surface area is 163 Å². The summed E-state index contributed by atoms with van der Waals surface area (Å²) in [7, 11) is -3.48. The van der Waals surface area contributed by atoms with Gasteiger partial charge in [0.05, 0.1) is 21.7 Å². The fourth-order valence-electron chi connectivity index (χ4n) is 2.95. The van der Waals surface area contributed by atoms with E-state index in [0.717, 1.165) is 18.2 Å². The Hall–Kier alpha value is -1.81. The van der Waals surface area contributed by atoms with Crippen molar-refractivity contribution in [2.75, 3.05) is 11.1 Å². The summed E-state index contributed by atoms with van der Waals surface area (Å²) in [6.07, 6.45) is -2.71. The number of carbonyl (C=O) groups is 1. The van der Waals surface area contributed by atoms with E-state index in [1.807, 2.05) is 0 Å². The van der Waals surface area contributed by atoms with Crippen LogP contribution in [-0.2, 0) is 21.0 Å². The van der Waals surface area contributed by atoms with Gasteiger partial charge in [0.25, 0.3) is 0 Å². The maximum absolute atomic E-state index is 12.8. The molecule has 0 aliphatic heterocycles. The number of rotatable bonds is 4. The van der Waals surface area contributed by atoms with Gasteiger partial charge in [0.15, 0.2) is 0 Å². The Morgan fingerprint density at radius 1 is 1.11 bits per heavy atom. The molecule has 1 aliphatic rings. The van der Waals surface area contributed by atoms with E-state index in [-0.39, 0.29) is 17.4 Å². The minimum Gasteiger partial charge on any atom is -0.397 e. The lowest BCUT2D eigenvalue weighted by molar-refractivity contribution is -0.137. The molecular formula is C18H26F3N3O3S. The van der Waals surface area contributed by atoms with E-state index in [9.17, 15) is 26.4 Å². The molecule has 10 heteroatoms. The molecule has 28 heavy (non-hydrogen) atoms.